The number of hydrogen-bond donors (Lipinski definition) is 3. The molecule has 29 heavy (non-hydrogen) atoms. The number of aliphatic imine (C=N–C) groups is 1. The molecule has 0 heterocycles. The van der Waals surface area contributed by atoms with Crippen molar-refractivity contribution >= 4 is 41.5 Å². The van der Waals surface area contributed by atoms with E-state index in [4.69, 9.17) is 10.5 Å². The van der Waals surface area contributed by atoms with Crippen LogP contribution in [0.4, 0.5) is 5.69 Å². The average molecular weight is 508 g/mol. The van der Waals surface area contributed by atoms with Gasteiger partial charge in [-0.2, -0.15) is 0 Å². The van der Waals surface area contributed by atoms with Gasteiger partial charge < -0.3 is 21.1 Å². The monoisotopic (exact) mass is 508 g/mol. The first-order valence-corrected chi connectivity index (χ1v) is 9.88. The second-order valence-electron chi connectivity index (χ2n) is 6.99. The number of carbonyl (C=O) groups excluding carboxylic acids is 1. The number of benzene rings is 2. The van der Waals surface area contributed by atoms with Crippen molar-refractivity contribution in [1.82, 2.24) is 5.32 Å². The second-order valence-corrected chi connectivity index (χ2v) is 6.99. The number of hydrogen-bond acceptors (Lipinski definition) is 3. The molecule has 3 rings (SSSR count). The molecule has 1 fully saturated rings. The van der Waals surface area contributed by atoms with E-state index in [1.807, 2.05) is 54.6 Å². The van der Waals surface area contributed by atoms with Gasteiger partial charge in [-0.05, 0) is 37.1 Å². The number of halogens is 1. The molecule has 2 aromatic carbocycles. The zero-order valence-corrected chi connectivity index (χ0v) is 18.8. The lowest BCUT2D eigenvalue weighted by atomic mass is 9.95. The van der Waals surface area contributed by atoms with Crippen LogP contribution in [0.5, 0.6) is 11.5 Å². The Balaban J connectivity index is 0.00000300. The van der Waals surface area contributed by atoms with E-state index < -0.39 is 0 Å². The molecule has 7 heteroatoms. The largest absolute Gasteiger partial charge is 0.457 e. The van der Waals surface area contributed by atoms with Gasteiger partial charge in [0.1, 0.15) is 11.5 Å². The predicted octanol–water partition coefficient (Wildman–Crippen LogP) is 4.66. The number of amides is 1. The van der Waals surface area contributed by atoms with E-state index in [1.165, 1.54) is 19.3 Å². The lowest BCUT2D eigenvalue weighted by Crippen LogP contribution is -2.36. The Morgan fingerprint density at radius 1 is 1.03 bits per heavy atom. The zero-order valence-electron chi connectivity index (χ0n) is 16.5. The van der Waals surface area contributed by atoms with Crippen molar-refractivity contribution in [3.05, 3.63) is 54.6 Å². The maximum atomic E-state index is 12.0. The predicted molar refractivity (Wildman–Crippen MR) is 128 cm³/mol. The van der Waals surface area contributed by atoms with Crippen LogP contribution in [0.25, 0.3) is 0 Å². The minimum atomic E-state index is 0. The summed E-state index contributed by atoms with van der Waals surface area (Å²) in [5.41, 5.74) is 6.72. The summed E-state index contributed by atoms with van der Waals surface area (Å²) in [7, 11) is 0. The van der Waals surface area contributed by atoms with Gasteiger partial charge in [-0.3, -0.25) is 9.79 Å². The van der Waals surface area contributed by atoms with Gasteiger partial charge in [0, 0.05) is 24.2 Å². The lowest BCUT2D eigenvalue weighted by molar-refractivity contribution is -0.121. The summed E-state index contributed by atoms with van der Waals surface area (Å²) < 4.78 is 5.81. The van der Waals surface area contributed by atoms with E-state index in [9.17, 15) is 4.79 Å². The fourth-order valence-corrected chi connectivity index (χ4v) is 3.27. The molecule has 1 saturated carbocycles. The summed E-state index contributed by atoms with van der Waals surface area (Å²) in [5, 5.41) is 6.13. The van der Waals surface area contributed by atoms with Crippen LogP contribution in [0.2, 0.25) is 0 Å². The summed E-state index contributed by atoms with van der Waals surface area (Å²) in [5.74, 6) is 1.80. The van der Waals surface area contributed by atoms with Gasteiger partial charge in [-0.25, -0.2) is 0 Å². The number of nitrogens with one attached hydrogen (secondary N) is 2. The van der Waals surface area contributed by atoms with Gasteiger partial charge >= 0.3 is 0 Å². The molecular weight excluding hydrogens is 479 g/mol. The number of nitrogens with zero attached hydrogens (tertiary/aromatic N) is 1. The topological polar surface area (TPSA) is 88.7 Å². The maximum absolute atomic E-state index is 12.0. The molecule has 1 amide bonds. The lowest BCUT2D eigenvalue weighted by Gasteiger charge is -2.22. The van der Waals surface area contributed by atoms with Crippen LogP contribution in [0, 0.1) is 0 Å². The first-order chi connectivity index (χ1) is 13.7. The van der Waals surface area contributed by atoms with Crippen LogP contribution >= 0.6 is 24.0 Å². The van der Waals surface area contributed by atoms with Gasteiger partial charge in [-0.15, -0.1) is 24.0 Å². The average Bonchev–Trinajstić information content (AvgIpc) is 2.70. The normalized spacial score (nSPS) is 14.6. The third kappa shape index (κ3) is 8.31. The molecule has 0 aromatic heterocycles. The Kier molecular flexibility index (Phi) is 9.76. The molecule has 0 radical (unpaired) electrons. The van der Waals surface area contributed by atoms with E-state index in [-0.39, 0.29) is 35.8 Å². The number of rotatable bonds is 7. The summed E-state index contributed by atoms with van der Waals surface area (Å²) in [6, 6.07) is 17.4. The number of nitrogens with two attached hydrogens (primary N) is 1. The van der Waals surface area contributed by atoms with Crippen LogP contribution in [0.1, 0.15) is 38.5 Å². The molecule has 1 aliphatic carbocycles. The van der Waals surface area contributed by atoms with E-state index >= 15 is 0 Å². The van der Waals surface area contributed by atoms with Gasteiger partial charge in [-0.1, -0.05) is 43.5 Å². The van der Waals surface area contributed by atoms with Crippen molar-refractivity contribution in [2.45, 2.75) is 44.6 Å². The Hall–Kier alpha value is -2.29. The molecule has 1 aliphatic rings. The fourth-order valence-electron chi connectivity index (χ4n) is 3.27. The van der Waals surface area contributed by atoms with Crippen LogP contribution in [-0.4, -0.2) is 24.5 Å². The molecule has 6 nitrogen and oxygen atoms in total. The Morgan fingerprint density at radius 2 is 1.76 bits per heavy atom. The molecule has 4 N–H and O–H groups in total. The highest BCUT2D eigenvalue weighted by Gasteiger charge is 2.15. The SMILES string of the molecule is I.NC(=NCCC(=O)NC1CCCCC1)Nc1cccc(Oc2ccccc2)c1. The maximum Gasteiger partial charge on any atom is 0.222 e. The number of guanidine groups is 1. The minimum Gasteiger partial charge on any atom is -0.457 e. The zero-order chi connectivity index (χ0) is 19.6. The van der Waals surface area contributed by atoms with Gasteiger partial charge in [0.15, 0.2) is 5.96 Å². The molecule has 0 saturated heterocycles. The first-order valence-electron chi connectivity index (χ1n) is 9.88. The first kappa shape index (κ1) is 23.0. The summed E-state index contributed by atoms with van der Waals surface area (Å²) >= 11 is 0. The molecule has 0 spiro atoms. The van der Waals surface area contributed by atoms with Crippen LogP contribution < -0.4 is 21.1 Å². The van der Waals surface area contributed by atoms with Crippen LogP contribution in [0.15, 0.2) is 59.6 Å². The van der Waals surface area contributed by atoms with Crippen molar-refractivity contribution in [3.63, 3.8) is 0 Å². The Morgan fingerprint density at radius 3 is 2.52 bits per heavy atom. The van der Waals surface area contributed by atoms with E-state index in [0.717, 1.165) is 24.3 Å². The minimum absolute atomic E-state index is 0. The number of anilines is 1. The third-order valence-corrected chi connectivity index (χ3v) is 4.68. The number of para-hydroxylation sites is 1. The summed E-state index contributed by atoms with van der Waals surface area (Å²) in [6.45, 7) is 0.359. The van der Waals surface area contributed by atoms with Crippen molar-refractivity contribution in [1.29, 1.82) is 0 Å². The van der Waals surface area contributed by atoms with Crippen molar-refractivity contribution in [2.75, 3.05) is 11.9 Å². The highest BCUT2D eigenvalue weighted by Crippen LogP contribution is 2.23. The van der Waals surface area contributed by atoms with Gasteiger partial charge in [0.2, 0.25) is 5.91 Å². The third-order valence-electron chi connectivity index (χ3n) is 4.68. The van der Waals surface area contributed by atoms with Crippen molar-refractivity contribution in [3.8, 4) is 11.5 Å². The van der Waals surface area contributed by atoms with Gasteiger partial charge in [0.05, 0.1) is 6.54 Å². The molecule has 0 bridgehead atoms. The van der Waals surface area contributed by atoms with E-state index in [1.54, 1.807) is 0 Å². The second kappa shape index (κ2) is 12.3. The van der Waals surface area contributed by atoms with E-state index in [2.05, 4.69) is 15.6 Å². The van der Waals surface area contributed by atoms with Crippen molar-refractivity contribution in [2.24, 2.45) is 10.7 Å². The molecule has 0 aliphatic heterocycles. The summed E-state index contributed by atoms with van der Waals surface area (Å²) in [4.78, 5) is 16.3. The molecule has 0 unspecified atom stereocenters. The van der Waals surface area contributed by atoms with Crippen LogP contribution in [-0.2, 0) is 4.79 Å². The molecule has 0 atom stereocenters. The number of carbonyl (C=O) groups is 1. The van der Waals surface area contributed by atoms with Crippen molar-refractivity contribution < 1.29 is 9.53 Å². The highest BCUT2D eigenvalue weighted by atomic mass is 127. The van der Waals surface area contributed by atoms with Gasteiger partial charge in [0.25, 0.3) is 0 Å². The standard InChI is InChI=1S/C22H28N4O2.HI/c23-22(24-15-14-21(27)25-17-8-3-1-4-9-17)26-18-10-7-13-20(16-18)28-19-11-5-2-6-12-19;/h2,5-7,10-13,16-17H,1,3-4,8-9,14-15H2,(H,25,27)(H3,23,24,26);1H. The number of ether oxygens (including phenoxy) is 1. The quantitative estimate of drug-likeness (QED) is 0.288. The Bertz CT molecular complexity index is 792. The van der Waals surface area contributed by atoms with E-state index in [0.29, 0.717) is 24.8 Å². The highest BCUT2D eigenvalue weighted by molar-refractivity contribution is 14.0. The summed E-state index contributed by atoms with van der Waals surface area (Å²) in [6.07, 6.45) is 6.19. The molecule has 2 aromatic rings. The Labute approximate surface area is 189 Å². The molecule has 156 valence electrons. The van der Waals surface area contributed by atoms with Crippen LogP contribution in [0.3, 0.4) is 0 Å². The molecular formula is C22H29IN4O2. The fraction of sp³-hybridized carbons (Fsp3) is 0.364. The smallest absolute Gasteiger partial charge is 0.222 e.